The molecular weight excluding hydrogens is 356 g/mol. The second-order valence-corrected chi connectivity index (χ2v) is 6.84. The fraction of sp³-hybridized carbons (Fsp3) is 0.273. The zero-order valence-electron chi connectivity index (χ0n) is 15.9. The highest BCUT2D eigenvalue weighted by molar-refractivity contribution is 5.97. The highest BCUT2D eigenvalue weighted by atomic mass is 16.5. The van der Waals surface area contributed by atoms with Gasteiger partial charge >= 0.3 is 0 Å². The Kier molecular flexibility index (Phi) is 4.77. The van der Waals surface area contributed by atoms with Crippen LogP contribution in [0.5, 0.6) is 11.5 Å². The molecule has 0 unspecified atom stereocenters. The van der Waals surface area contributed by atoms with E-state index in [0.717, 1.165) is 23.9 Å². The van der Waals surface area contributed by atoms with Crippen LogP contribution in [0.25, 0.3) is 10.9 Å². The standard InChI is InChI=1S/C22H22N2O4/c1-27-14-9-10-20(28-2)16(12-14)19-8-5-11-24(19)22(26)17-13-23-18-7-4-3-6-15(18)21(17)25/h3-4,6-7,9-10,12-13,19H,5,8,11H2,1-2H3,(H,23,25)/t19-/m1/s1. The first-order chi connectivity index (χ1) is 13.6. The second-order valence-electron chi connectivity index (χ2n) is 6.84. The Morgan fingerprint density at radius 1 is 1.14 bits per heavy atom. The van der Waals surface area contributed by atoms with Crippen molar-refractivity contribution in [3.8, 4) is 11.5 Å². The molecule has 28 heavy (non-hydrogen) atoms. The van der Waals surface area contributed by atoms with Crippen molar-refractivity contribution in [2.24, 2.45) is 0 Å². The van der Waals surface area contributed by atoms with E-state index in [2.05, 4.69) is 4.98 Å². The van der Waals surface area contributed by atoms with E-state index in [-0.39, 0.29) is 22.9 Å². The van der Waals surface area contributed by atoms with Crippen LogP contribution in [0.3, 0.4) is 0 Å². The molecule has 0 saturated carbocycles. The second kappa shape index (κ2) is 7.38. The lowest BCUT2D eigenvalue weighted by molar-refractivity contribution is 0.0732. The third kappa shape index (κ3) is 3.01. The van der Waals surface area contributed by atoms with E-state index in [1.807, 2.05) is 30.3 Å². The monoisotopic (exact) mass is 378 g/mol. The summed E-state index contributed by atoms with van der Waals surface area (Å²) < 4.78 is 10.9. The highest BCUT2D eigenvalue weighted by Gasteiger charge is 2.33. The predicted molar refractivity (Wildman–Crippen MR) is 107 cm³/mol. The molecule has 2 aromatic carbocycles. The fourth-order valence-electron chi connectivity index (χ4n) is 3.91. The smallest absolute Gasteiger partial charge is 0.259 e. The number of rotatable bonds is 4. The number of nitrogens with one attached hydrogen (secondary N) is 1. The van der Waals surface area contributed by atoms with Crippen molar-refractivity contribution in [3.05, 3.63) is 70.0 Å². The summed E-state index contributed by atoms with van der Waals surface area (Å²) in [6, 6.07) is 12.6. The van der Waals surface area contributed by atoms with Gasteiger partial charge in [0, 0.05) is 29.2 Å². The van der Waals surface area contributed by atoms with Gasteiger partial charge in [-0.25, -0.2) is 0 Å². The number of ether oxygens (including phenoxy) is 2. The molecule has 0 bridgehead atoms. The molecule has 1 atom stereocenters. The Bertz CT molecular complexity index is 1090. The molecule has 1 N–H and O–H groups in total. The molecule has 1 aliphatic rings. The van der Waals surface area contributed by atoms with E-state index in [9.17, 15) is 9.59 Å². The summed E-state index contributed by atoms with van der Waals surface area (Å²) in [4.78, 5) is 31.0. The summed E-state index contributed by atoms with van der Waals surface area (Å²) in [5.41, 5.74) is 1.52. The van der Waals surface area contributed by atoms with E-state index in [4.69, 9.17) is 9.47 Å². The summed E-state index contributed by atoms with van der Waals surface area (Å²) in [5, 5.41) is 0.517. The number of aromatic nitrogens is 1. The van der Waals surface area contributed by atoms with Crippen molar-refractivity contribution < 1.29 is 14.3 Å². The number of para-hydroxylation sites is 1. The van der Waals surface area contributed by atoms with Crippen LogP contribution in [0.2, 0.25) is 0 Å². The quantitative estimate of drug-likeness (QED) is 0.754. The molecule has 1 fully saturated rings. The first-order valence-electron chi connectivity index (χ1n) is 9.27. The number of H-pyrrole nitrogens is 1. The van der Waals surface area contributed by atoms with Crippen LogP contribution in [0.15, 0.2) is 53.5 Å². The number of likely N-dealkylation sites (tertiary alicyclic amines) is 1. The molecule has 1 amide bonds. The van der Waals surface area contributed by atoms with Gasteiger partial charge in [-0.05, 0) is 43.2 Å². The number of nitrogens with zero attached hydrogens (tertiary/aromatic N) is 1. The van der Waals surface area contributed by atoms with Gasteiger partial charge in [0.15, 0.2) is 0 Å². The van der Waals surface area contributed by atoms with Crippen LogP contribution < -0.4 is 14.9 Å². The lowest BCUT2D eigenvalue weighted by Gasteiger charge is -2.26. The van der Waals surface area contributed by atoms with Crippen LogP contribution in [-0.4, -0.2) is 36.6 Å². The molecule has 0 spiro atoms. The number of hydrogen-bond acceptors (Lipinski definition) is 4. The largest absolute Gasteiger partial charge is 0.497 e. The van der Waals surface area contributed by atoms with Crippen LogP contribution in [0.4, 0.5) is 0 Å². The molecule has 1 aliphatic heterocycles. The minimum Gasteiger partial charge on any atom is -0.497 e. The van der Waals surface area contributed by atoms with Crippen molar-refractivity contribution in [2.45, 2.75) is 18.9 Å². The van der Waals surface area contributed by atoms with Gasteiger partial charge < -0.3 is 19.4 Å². The summed E-state index contributed by atoms with van der Waals surface area (Å²) >= 11 is 0. The van der Waals surface area contributed by atoms with Crippen molar-refractivity contribution in [1.29, 1.82) is 0 Å². The number of methoxy groups -OCH3 is 2. The van der Waals surface area contributed by atoms with Gasteiger partial charge in [0.25, 0.3) is 5.91 Å². The molecule has 3 aromatic rings. The van der Waals surface area contributed by atoms with Gasteiger partial charge in [-0.2, -0.15) is 0 Å². The number of pyridine rings is 1. The van der Waals surface area contributed by atoms with Gasteiger partial charge in [0.2, 0.25) is 5.43 Å². The van der Waals surface area contributed by atoms with Gasteiger partial charge in [-0.15, -0.1) is 0 Å². The predicted octanol–water partition coefficient (Wildman–Crippen LogP) is 3.52. The van der Waals surface area contributed by atoms with Crippen LogP contribution in [0, 0.1) is 0 Å². The SMILES string of the molecule is COc1ccc(OC)c([C@H]2CCCN2C(=O)c2c[nH]c3ccccc3c2=O)c1. The topological polar surface area (TPSA) is 71.6 Å². The fourth-order valence-corrected chi connectivity index (χ4v) is 3.91. The first-order valence-corrected chi connectivity index (χ1v) is 9.27. The number of fused-ring (bicyclic) bond motifs is 1. The van der Waals surface area contributed by atoms with Gasteiger partial charge in [0.05, 0.1) is 20.3 Å². The minimum absolute atomic E-state index is 0.160. The average molecular weight is 378 g/mol. The molecule has 144 valence electrons. The number of aromatic amines is 1. The molecule has 0 radical (unpaired) electrons. The maximum atomic E-state index is 13.3. The molecule has 0 aliphatic carbocycles. The maximum absolute atomic E-state index is 13.3. The number of hydrogen-bond donors (Lipinski definition) is 1. The average Bonchev–Trinajstić information content (AvgIpc) is 3.23. The Labute approximate surface area is 162 Å². The summed E-state index contributed by atoms with van der Waals surface area (Å²) in [6.45, 7) is 0.593. The van der Waals surface area contributed by atoms with Crippen molar-refractivity contribution in [2.75, 3.05) is 20.8 Å². The van der Waals surface area contributed by atoms with Crippen molar-refractivity contribution in [3.63, 3.8) is 0 Å². The Balaban J connectivity index is 1.74. The Morgan fingerprint density at radius 2 is 1.96 bits per heavy atom. The van der Waals surface area contributed by atoms with Crippen molar-refractivity contribution in [1.82, 2.24) is 9.88 Å². The van der Waals surface area contributed by atoms with Crippen LogP contribution >= 0.6 is 0 Å². The zero-order chi connectivity index (χ0) is 19.7. The van der Waals surface area contributed by atoms with Gasteiger partial charge in [-0.1, -0.05) is 12.1 Å². The minimum atomic E-state index is -0.264. The zero-order valence-corrected chi connectivity index (χ0v) is 15.9. The van der Waals surface area contributed by atoms with Crippen molar-refractivity contribution >= 4 is 16.8 Å². The van der Waals surface area contributed by atoms with Crippen LogP contribution in [-0.2, 0) is 0 Å². The van der Waals surface area contributed by atoms with E-state index >= 15 is 0 Å². The van der Waals surface area contributed by atoms with E-state index < -0.39 is 0 Å². The number of carbonyl (C=O) groups excluding carboxylic acids is 1. The Hall–Kier alpha value is -3.28. The first kappa shape index (κ1) is 18.1. The molecule has 4 rings (SSSR count). The molecular formula is C22H22N2O4. The van der Waals surface area contributed by atoms with E-state index in [1.54, 1.807) is 31.3 Å². The number of benzene rings is 2. The maximum Gasteiger partial charge on any atom is 0.259 e. The van der Waals surface area contributed by atoms with Crippen LogP contribution in [0.1, 0.15) is 34.8 Å². The third-order valence-corrected chi connectivity index (χ3v) is 5.33. The molecule has 2 heterocycles. The molecule has 1 aromatic heterocycles. The molecule has 6 nitrogen and oxygen atoms in total. The number of amides is 1. The molecule has 1 saturated heterocycles. The normalized spacial score (nSPS) is 16.4. The Morgan fingerprint density at radius 3 is 2.75 bits per heavy atom. The summed E-state index contributed by atoms with van der Waals surface area (Å²) in [7, 11) is 3.22. The lowest BCUT2D eigenvalue weighted by Crippen LogP contribution is -2.34. The highest BCUT2D eigenvalue weighted by Crippen LogP contribution is 2.39. The lowest BCUT2D eigenvalue weighted by atomic mass is 10.0. The van der Waals surface area contributed by atoms with E-state index in [0.29, 0.717) is 23.4 Å². The van der Waals surface area contributed by atoms with Gasteiger partial charge in [0.1, 0.15) is 17.1 Å². The molecule has 6 heteroatoms. The number of carbonyl (C=O) groups is 1. The summed E-state index contributed by atoms with van der Waals surface area (Å²) in [5.74, 6) is 1.15. The third-order valence-electron chi connectivity index (χ3n) is 5.33. The summed E-state index contributed by atoms with van der Waals surface area (Å²) in [6.07, 6.45) is 3.19. The van der Waals surface area contributed by atoms with Gasteiger partial charge in [-0.3, -0.25) is 9.59 Å². The van der Waals surface area contributed by atoms with E-state index in [1.165, 1.54) is 6.20 Å².